The van der Waals surface area contributed by atoms with Gasteiger partial charge in [0, 0.05) is 16.3 Å². The Bertz CT molecular complexity index is 4620. The zero-order chi connectivity index (χ0) is 57.5. The second-order valence-corrected chi connectivity index (χ2v) is 12.0. The summed E-state index contributed by atoms with van der Waals surface area (Å²) in [5.41, 5.74) is -4.01. The van der Waals surface area contributed by atoms with Gasteiger partial charge in [0.2, 0.25) is 0 Å². The van der Waals surface area contributed by atoms with Crippen LogP contribution in [0.5, 0.6) is 0 Å². The van der Waals surface area contributed by atoms with Gasteiger partial charge in [0.25, 0.3) is 0 Å². The second-order valence-electron chi connectivity index (χ2n) is 12.0. The molecular weight excluding hydrogens is 641 g/mol. The van der Waals surface area contributed by atoms with Crippen molar-refractivity contribution in [3.8, 4) is 44.5 Å². The number of hydrogen-bond donors (Lipinski definition) is 0. The summed E-state index contributed by atoms with van der Waals surface area (Å²) in [6.45, 7) is 0. The summed E-state index contributed by atoms with van der Waals surface area (Å²) >= 11 is 0. The fourth-order valence-electron chi connectivity index (χ4n) is 6.84. The van der Waals surface area contributed by atoms with Gasteiger partial charge in [-0.1, -0.05) is 163 Å². The molecule has 0 fully saturated rings. The van der Waals surface area contributed by atoms with Gasteiger partial charge in [-0.25, -0.2) is 0 Å². The maximum atomic E-state index is 9.91. The Kier molecular flexibility index (Phi) is 3.09. The lowest BCUT2D eigenvalue weighted by Gasteiger charge is -2.19. The van der Waals surface area contributed by atoms with Crippen molar-refractivity contribution < 1.29 is 40.1 Å². The normalized spacial score (nSPS) is 18.6. The van der Waals surface area contributed by atoms with Gasteiger partial charge in [-0.15, -0.1) is 0 Å². The second kappa shape index (κ2) is 11.8. The van der Waals surface area contributed by atoms with Gasteiger partial charge in [0.15, 0.2) is 0 Å². The van der Waals surface area contributed by atoms with Crippen molar-refractivity contribution in [1.82, 2.24) is 0 Å². The number of hydrogen-bond acceptors (Lipinski definition) is 1. The van der Waals surface area contributed by atoms with Gasteiger partial charge in [0.05, 0.1) is 35.6 Å². The first-order valence-electron chi connectivity index (χ1n) is 29.1. The molecule has 0 aliphatic rings. The number of benzene rings is 10. The molecule has 11 rings (SSSR count). The molecule has 0 saturated heterocycles. The van der Waals surface area contributed by atoms with Crippen LogP contribution in [-0.2, 0) is 0 Å². The minimum atomic E-state index is -0.877. The fourth-order valence-corrected chi connectivity index (χ4v) is 6.84. The summed E-state index contributed by atoms with van der Waals surface area (Å²) in [6, 6.07) is -11.2. The molecule has 0 aliphatic heterocycles. The van der Waals surface area contributed by atoms with E-state index < -0.39 is 223 Å². The monoisotopic (exact) mass is 698 g/mol. The van der Waals surface area contributed by atoms with Crippen molar-refractivity contribution >= 4 is 65.0 Å². The summed E-state index contributed by atoms with van der Waals surface area (Å²) in [6.07, 6.45) is 0. The quantitative estimate of drug-likeness (QED) is 0.167. The van der Waals surface area contributed by atoms with E-state index in [1.54, 1.807) is 24.3 Å². The van der Waals surface area contributed by atoms with Gasteiger partial charge < -0.3 is 4.42 Å². The van der Waals surface area contributed by atoms with Gasteiger partial charge in [-0.05, 0) is 112 Å². The first-order chi connectivity index (χ1) is 37.1. The van der Waals surface area contributed by atoms with Crippen molar-refractivity contribution in [2.24, 2.45) is 0 Å². The molecule has 0 N–H and O–H groups in total. The molecule has 1 heterocycles. The Balaban J connectivity index is 1.34. The van der Waals surface area contributed by atoms with E-state index in [-0.39, 0.29) is 38.4 Å². The van der Waals surface area contributed by atoms with E-state index in [2.05, 4.69) is 0 Å². The summed E-state index contributed by atoms with van der Waals surface area (Å²) in [5, 5.41) is -3.12. The van der Waals surface area contributed by atoms with Gasteiger partial charge >= 0.3 is 0 Å². The summed E-state index contributed by atoms with van der Waals surface area (Å²) < 4.78 is 240. The predicted molar refractivity (Wildman–Crippen MR) is 225 cm³/mol. The largest absolute Gasteiger partial charge is 0.455 e. The van der Waals surface area contributed by atoms with Crippen LogP contribution in [0.15, 0.2) is 198 Å². The van der Waals surface area contributed by atoms with E-state index in [1.165, 1.54) is 12.1 Å². The number of fused-ring (bicyclic) bond motifs is 7. The molecule has 0 amide bonds. The molecule has 0 spiro atoms. The molecule has 1 aromatic heterocycles. The molecule has 0 atom stereocenters. The molecule has 1 heteroatoms. The van der Waals surface area contributed by atoms with E-state index in [4.69, 9.17) is 27.7 Å². The Morgan fingerprint density at radius 3 is 1.77 bits per heavy atom. The van der Waals surface area contributed by atoms with Gasteiger partial charge in [0.1, 0.15) is 11.2 Å². The Hall–Kier alpha value is -6.96. The standard InChI is InChI=1S/C52H32O/c1-2-14-34(15-3-1)41-23-12-24-46-48-31-37(27-28-49(48)53-52(41)46)47-32-39(30-36-17-6-7-18-40(36)47)51-44-21-10-8-19-42(44)50(43-20-9-11-22-45(43)51)38-26-25-33-13-4-5-16-35(33)29-38/h1-32H/i1D,2D,3D,4D,5D,8D,9D,10D,11D,12D,13D,14D,15D,16D,19D,20D,21D,22D,23D,24D,25D,26D,27D,28D,29D,31D. The van der Waals surface area contributed by atoms with Crippen molar-refractivity contribution in [3.05, 3.63) is 194 Å². The van der Waals surface area contributed by atoms with Crippen LogP contribution in [-0.4, -0.2) is 0 Å². The highest BCUT2D eigenvalue weighted by atomic mass is 16.3. The van der Waals surface area contributed by atoms with E-state index in [0.29, 0.717) is 5.39 Å². The van der Waals surface area contributed by atoms with Crippen LogP contribution in [0.3, 0.4) is 0 Å². The fraction of sp³-hybridized carbons (Fsp3) is 0. The maximum Gasteiger partial charge on any atom is 0.143 e. The minimum Gasteiger partial charge on any atom is -0.455 e. The van der Waals surface area contributed by atoms with Crippen molar-refractivity contribution in [3.63, 3.8) is 0 Å². The molecule has 53 heavy (non-hydrogen) atoms. The molecule has 10 aromatic carbocycles. The predicted octanol–water partition coefficient (Wildman–Crippen LogP) is 14.9. The number of furan rings is 1. The first kappa shape index (κ1) is 13.9. The molecule has 1 nitrogen and oxygen atoms in total. The SMILES string of the molecule is [2H]c1c([2H])c([2H])c(-c2c([2H])c([2H])c([2H])c3c2oc2c([2H])c([2H])c(-c4cc(-c5c6c([2H])c([2H])c([2H])c([2H])c6c(-c6c([2H])c([2H])c7c([2H])c([2H])c([2H])c([2H])c7c6[2H])c6c([2H])c([2H])c([2H])c([2H])c56)cc5ccccc45)c([2H])c23)c([2H])c1[2H]. The van der Waals surface area contributed by atoms with E-state index in [1.807, 2.05) is 0 Å². The Labute approximate surface area is 343 Å². The number of para-hydroxylation sites is 1. The molecule has 0 bridgehead atoms. The Morgan fingerprint density at radius 1 is 0.358 bits per heavy atom. The van der Waals surface area contributed by atoms with Gasteiger partial charge in [-0.3, -0.25) is 0 Å². The molecular formula is C52H32O. The van der Waals surface area contributed by atoms with Crippen molar-refractivity contribution in [1.29, 1.82) is 0 Å². The van der Waals surface area contributed by atoms with E-state index >= 15 is 0 Å². The summed E-state index contributed by atoms with van der Waals surface area (Å²) in [4.78, 5) is 0. The van der Waals surface area contributed by atoms with Crippen LogP contribution in [0, 0.1) is 0 Å². The summed E-state index contributed by atoms with van der Waals surface area (Å²) in [5.74, 6) is 0. The highest BCUT2D eigenvalue weighted by Crippen LogP contribution is 2.46. The average molecular weight is 699 g/mol. The van der Waals surface area contributed by atoms with Crippen LogP contribution in [0.4, 0.5) is 0 Å². The molecule has 0 unspecified atom stereocenters. The molecule has 0 saturated carbocycles. The molecule has 246 valence electrons. The summed E-state index contributed by atoms with van der Waals surface area (Å²) in [7, 11) is 0. The highest BCUT2D eigenvalue weighted by Gasteiger charge is 2.19. The zero-order valence-corrected chi connectivity index (χ0v) is 26.9. The lowest BCUT2D eigenvalue weighted by atomic mass is 9.84. The number of rotatable bonds is 4. The third-order valence-corrected chi connectivity index (χ3v) is 9.11. The lowest BCUT2D eigenvalue weighted by Crippen LogP contribution is -1.92. The van der Waals surface area contributed by atoms with E-state index in [0.717, 1.165) is 0 Å². The van der Waals surface area contributed by atoms with Crippen LogP contribution in [0.25, 0.3) is 110 Å². The topological polar surface area (TPSA) is 13.1 Å². The zero-order valence-electron chi connectivity index (χ0n) is 52.9. The third-order valence-electron chi connectivity index (χ3n) is 9.11. The minimum absolute atomic E-state index is 0.0371. The smallest absolute Gasteiger partial charge is 0.143 e. The molecule has 0 radical (unpaired) electrons. The van der Waals surface area contributed by atoms with Crippen LogP contribution in [0.1, 0.15) is 35.6 Å². The highest BCUT2D eigenvalue weighted by molar-refractivity contribution is 6.22. The lowest BCUT2D eigenvalue weighted by molar-refractivity contribution is 0.670. The van der Waals surface area contributed by atoms with Crippen LogP contribution in [0.2, 0.25) is 0 Å². The van der Waals surface area contributed by atoms with Crippen LogP contribution < -0.4 is 0 Å². The van der Waals surface area contributed by atoms with E-state index in [9.17, 15) is 12.3 Å². The van der Waals surface area contributed by atoms with Crippen LogP contribution >= 0.6 is 0 Å². The third kappa shape index (κ3) is 4.71. The van der Waals surface area contributed by atoms with Crippen molar-refractivity contribution in [2.45, 2.75) is 0 Å². The van der Waals surface area contributed by atoms with Gasteiger partial charge in [-0.2, -0.15) is 0 Å². The van der Waals surface area contributed by atoms with Crippen molar-refractivity contribution in [2.75, 3.05) is 0 Å². The maximum absolute atomic E-state index is 9.91. The molecule has 11 aromatic rings. The Morgan fingerprint density at radius 2 is 1.00 bits per heavy atom. The average Bonchev–Trinajstić information content (AvgIpc) is 3.75. The first-order valence-corrected chi connectivity index (χ1v) is 16.1. The molecule has 0 aliphatic carbocycles.